The first-order valence-corrected chi connectivity index (χ1v) is 6.80. The largest absolute Gasteiger partial charge is 0.494 e. The van der Waals surface area contributed by atoms with E-state index in [4.69, 9.17) is 4.74 Å². The Morgan fingerprint density at radius 3 is 2.83 bits per heavy atom. The van der Waals surface area contributed by atoms with Crippen LogP contribution in [0.3, 0.4) is 0 Å². The number of aromatic amines is 2. The van der Waals surface area contributed by atoms with Crippen LogP contribution in [0.2, 0.25) is 0 Å². The third-order valence-corrected chi connectivity index (χ3v) is 3.50. The summed E-state index contributed by atoms with van der Waals surface area (Å²) in [4.78, 5) is 8.83. The minimum Gasteiger partial charge on any atom is -0.494 e. The average molecular weight is 310 g/mol. The number of ether oxygens (including phenoxy) is 1. The lowest BCUT2D eigenvalue weighted by Gasteiger charge is -2.04. The molecule has 0 saturated carbocycles. The molecule has 0 spiro atoms. The molecule has 1 aromatic carbocycles. The van der Waals surface area contributed by atoms with Gasteiger partial charge in [0.1, 0.15) is 5.52 Å². The Bertz CT molecular complexity index is 979. The Morgan fingerprint density at radius 2 is 2.09 bits per heavy atom. The molecule has 0 fully saturated rings. The molecular formula is C15H11FN6O. The number of methoxy groups -OCH3 is 1. The number of H-pyrrole nitrogens is 2. The van der Waals surface area contributed by atoms with Crippen LogP contribution in [0, 0.1) is 5.82 Å². The average Bonchev–Trinajstić information content (AvgIpc) is 3.24. The van der Waals surface area contributed by atoms with Crippen molar-refractivity contribution in [1.82, 2.24) is 30.4 Å². The second kappa shape index (κ2) is 5.16. The molecule has 0 amide bonds. The highest BCUT2D eigenvalue weighted by Gasteiger charge is 2.14. The molecule has 2 N–H and O–H groups in total. The van der Waals surface area contributed by atoms with Crippen molar-refractivity contribution in [1.29, 1.82) is 0 Å². The molecule has 0 radical (unpaired) electrons. The van der Waals surface area contributed by atoms with Crippen LogP contribution in [0.1, 0.15) is 0 Å². The Labute approximate surface area is 129 Å². The first kappa shape index (κ1) is 13.4. The highest BCUT2D eigenvalue weighted by molar-refractivity contribution is 5.88. The van der Waals surface area contributed by atoms with Crippen molar-refractivity contribution < 1.29 is 9.13 Å². The van der Waals surface area contributed by atoms with Gasteiger partial charge in [0.2, 0.25) is 0 Å². The van der Waals surface area contributed by atoms with E-state index in [0.717, 1.165) is 5.56 Å². The van der Waals surface area contributed by atoms with E-state index in [1.54, 1.807) is 30.7 Å². The third kappa shape index (κ3) is 2.20. The maximum atomic E-state index is 13.9. The number of aromatic nitrogens is 6. The van der Waals surface area contributed by atoms with Gasteiger partial charge in [0.05, 0.1) is 30.9 Å². The molecule has 0 aliphatic heterocycles. The summed E-state index contributed by atoms with van der Waals surface area (Å²) in [5, 5.41) is 13.6. The summed E-state index contributed by atoms with van der Waals surface area (Å²) in [5.74, 6) is -0.269. The first-order valence-electron chi connectivity index (χ1n) is 6.80. The van der Waals surface area contributed by atoms with Crippen LogP contribution >= 0.6 is 0 Å². The van der Waals surface area contributed by atoms with Crippen molar-refractivity contribution >= 4 is 11.2 Å². The number of nitrogens with zero attached hydrogens (tertiary/aromatic N) is 4. The Kier molecular flexibility index (Phi) is 3.00. The van der Waals surface area contributed by atoms with Gasteiger partial charge in [-0.3, -0.25) is 10.2 Å². The number of halogens is 1. The topological polar surface area (TPSA) is 92.4 Å². The van der Waals surface area contributed by atoms with Crippen LogP contribution in [-0.2, 0) is 0 Å². The van der Waals surface area contributed by atoms with E-state index in [0.29, 0.717) is 28.1 Å². The molecule has 114 valence electrons. The van der Waals surface area contributed by atoms with E-state index < -0.39 is 5.82 Å². The summed E-state index contributed by atoms with van der Waals surface area (Å²) in [6, 6.07) is 4.67. The van der Waals surface area contributed by atoms with Gasteiger partial charge in [0, 0.05) is 17.3 Å². The summed E-state index contributed by atoms with van der Waals surface area (Å²) in [5.41, 5.74) is 3.70. The molecule has 3 heterocycles. The molecule has 8 heteroatoms. The lowest BCUT2D eigenvalue weighted by atomic mass is 10.1. The summed E-state index contributed by atoms with van der Waals surface area (Å²) in [6.07, 6.45) is 5.00. The quantitative estimate of drug-likeness (QED) is 0.606. The second-order valence-electron chi connectivity index (χ2n) is 4.86. The third-order valence-electron chi connectivity index (χ3n) is 3.50. The number of hydrogen-bond acceptors (Lipinski definition) is 5. The standard InChI is InChI=1S/C15H11FN6O/c1-23-12-3-2-8(4-10(12)16)13-14-15(22-21-13)17-7-11(20-14)9-5-18-19-6-9/h2-7H,1H3,(H,18,19)(H,17,21,22). The first-order chi connectivity index (χ1) is 11.3. The molecule has 3 aromatic heterocycles. The number of hydrogen-bond donors (Lipinski definition) is 2. The monoisotopic (exact) mass is 310 g/mol. The fourth-order valence-corrected chi connectivity index (χ4v) is 2.35. The van der Waals surface area contributed by atoms with Crippen LogP contribution in [0.25, 0.3) is 33.7 Å². The maximum Gasteiger partial charge on any atom is 0.200 e. The van der Waals surface area contributed by atoms with Crippen LogP contribution in [-0.4, -0.2) is 37.5 Å². The summed E-state index contributed by atoms with van der Waals surface area (Å²) >= 11 is 0. The van der Waals surface area contributed by atoms with Gasteiger partial charge in [-0.25, -0.2) is 14.4 Å². The normalized spacial score (nSPS) is 11.0. The molecule has 0 aliphatic rings. The maximum absolute atomic E-state index is 13.9. The van der Waals surface area contributed by atoms with E-state index in [1.807, 2.05) is 0 Å². The Hall–Kier alpha value is -3.29. The fourth-order valence-electron chi connectivity index (χ4n) is 2.35. The van der Waals surface area contributed by atoms with E-state index in [2.05, 4.69) is 30.4 Å². The predicted octanol–water partition coefficient (Wildman–Crippen LogP) is 2.56. The van der Waals surface area contributed by atoms with E-state index in [-0.39, 0.29) is 5.75 Å². The Morgan fingerprint density at radius 1 is 1.17 bits per heavy atom. The fraction of sp³-hybridized carbons (Fsp3) is 0.0667. The van der Waals surface area contributed by atoms with Gasteiger partial charge in [-0.2, -0.15) is 10.2 Å². The SMILES string of the molecule is COc1ccc(-c2[nH]nc3ncc(-c4cn[nH]c4)nc23)cc1F. The molecule has 0 unspecified atom stereocenters. The molecule has 0 atom stereocenters. The van der Waals surface area contributed by atoms with Gasteiger partial charge in [-0.15, -0.1) is 0 Å². The van der Waals surface area contributed by atoms with Crippen LogP contribution < -0.4 is 4.74 Å². The van der Waals surface area contributed by atoms with Crippen LogP contribution in [0.5, 0.6) is 5.75 Å². The lowest BCUT2D eigenvalue weighted by Crippen LogP contribution is -1.90. The van der Waals surface area contributed by atoms with Crippen molar-refractivity contribution in [2.24, 2.45) is 0 Å². The predicted molar refractivity (Wildman–Crippen MR) is 81.2 cm³/mol. The minimum absolute atomic E-state index is 0.183. The molecule has 0 saturated heterocycles. The van der Waals surface area contributed by atoms with Gasteiger partial charge in [-0.1, -0.05) is 0 Å². The molecule has 4 aromatic rings. The zero-order valence-electron chi connectivity index (χ0n) is 12.0. The zero-order valence-corrected chi connectivity index (χ0v) is 12.0. The van der Waals surface area contributed by atoms with Crippen molar-refractivity contribution in [2.75, 3.05) is 7.11 Å². The molecule has 0 aliphatic carbocycles. The number of fused-ring (bicyclic) bond motifs is 1. The number of nitrogens with one attached hydrogen (secondary N) is 2. The van der Waals surface area contributed by atoms with Crippen molar-refractivity contribution in [2.45, 2.75) is 0 Å². The summed E-state index contributed by atoms with van der Waals surface area (Å²) in [7, 11) is 1.42. The van der Waals surface area contributed by atoms with Gasteiger partial charge in [0.15, 0.2) is 17.2 Å². The highest BCUT2D eigenvalue weighted by Crippen LogP contribution is 2.29. The van der Waals surface area contributed by atoms with Gasteiger partial charge >= 0.3 is 0 Å². The molecule has 0 bridgehead atoms. The van der Waals surface area contributed by atoms with Gasteiger partial charge < -0.3 is 4.74 Å². The molecule has 4 rings (SSSR count). The van der Waals surface area contributed by atoms with Crippen molar-refractivity contribution in [3.05, 3.63) is 42.6 Å². The second-order valence-corrected chi connectivity index (χ2v) is 4.86. The molecular weight excluding hydrogens is 299 g/mol. The minimum atomic E-state index is -0.452. The molecule has 23 heavy (non-hydrogen) atoms. The number of benzene rings is 1. The van der Waals surface area contributed by atoms with E-state index >= 15 is 0 Å². The van der Waals surface area contributed by atoms with E-state index in [9.17, 15) is 4.39 Å². The van der Waals surface area contributed by atoms with Crippen LogP contribution in [0.4, 0.5) is 4.39 Å². The number of rotatable bonds is 3. The van der Waals surface area contributed by atoms with Crippen molar-refractivity contribution in [3.63, 3.8) is 0 Å². The zero-order chi connectivity index (χ0) is 15.8. The van der Waals surface area contributed by atoms with Gasteiger partial charge in [-0.05, 0) is 18.2 Å². The summed E-state index contributed by atoms with van der Waals surface area (Å²) in [6.45, 7) is 0. The molecule has 7 nitrogen and oxygen atoms in total. The van der Waals surface area contributed by atoms with Crippen LogP contribution in [0.15, 0.2) is 36.8 Å². The highest BCUT2D eigenvalue weighted by atomic mass is 19.1. The summed E-state index contributed by atoms with van der Waals surface area (Å²) < 4.78 is 18.9. The van der Waals surface area contributed by atoms with Crippen molar-refractivity contribution in [3.8, 4) is 28.3 Å². The Balaban J connectivity index is 1.87. The smallest absolute Gasteiger partial charge is 0.200 e. The van der Waals surface area contributed by atoms with Gasteiger partial charge in [0.25, 0.3) is 0 Å². The van der Waals surface area contributed by atoms with E-state index in [1.165, 1.54) is 13.2 Å². The lowest BCUT2D eigenvalue weighted by molar-refractivity contribution is 0.386.